The van der Waals surface area contributed by atoms with E-state index in [0.717, 1.165) is 5.56 Å². The third-order valence-electron chi connectivity index (χ3n) is 10.2. The van der Waals surface area contributed by atoms with E-state index in [1.54, 1.807) is 0 Å². The highest BCUT2D eigenvalue weighted by atomic mass is 16.8. The molecule has 6 fully saturated rings. The van der Waals surface area contributed by atoms with Gasteiger partial charge in [0.15, 0.2) is 17.8 Å². The molecule has 3 N–H and O–H groups in total. The first-order valence-corrected chi connectivity index (χ1v) is 12.9. The Balaban J connectivity index is 1.50. The summed E-state index contributed by atoms with van der Waals surface area (Å²) in [7, 11) is 0. The minimum Gasteiger partial charge on any atom is -0.456 e. The third-order valence-corrected chi connectivity index (χ3v) is 10.2. The molecule has 0 bridgehead atoms. The van der Waals surface area contributed by atoms with E-state index in [4.69, 9.17) is 23.7 Å². The van der Waals surface area contributed by atoms with Crippen LogP contribution in [0.15, 0.2) is 30.3 Å². The number of carbonyl (C=O) groups is 3. The smallest absolute Gasteiger partial charge is 0.343 e. The van der Waals surface area contributed by atoms with Gasteiger partial charge in [0.25, 0.3) is 0 Å². The maximum Gasteiger partial charge on any atom is 0.343 e. The molecule has 204 valence electrons. The van der Waals surface area contributed by atoms with Crippen LogP contribution in [0.5, 0.6) is 0 Å². The Morgan fingerprint density at radius 1 is 0.974 bits per heavy atom. The van der Waals surface area contributed by atoms with Crippen molar-refractivity contribution in [2.45, 2.75) is 82.3 Å². The van der Waals surface area contributed by atoms with Gasteiger partial charge >= 0.3 is 17.9 Å². The van der Waals surface area contributed by atoms with Crippen LogP contribution in [0.3, 0.4) is 0 Å². The Hall–Kier alpha value is -2.57. The zero-order valence-corrected chi connectivity index (χ0v) is 21.3. The molecule has 38 heavy (non-hydrogen) atoms. The van der Waals surface area contributed by atoms with Crippen LogP contribution in [-0.2, 0) is 44.7 Å². The van der Waals surface area contributed by atoms with Gasteiger partial charge in [-0.3, -0.25) is 4.79 Å². The standard InChI is InChI=1S/C27H30O11/c1-11-19(30)35-17-15(29)25-16-13(28)14(23(2,3)4)24(25)18(34-10-12-8-6-5-7-9-12)20(31)37-22(24)38-27(25,21(32)36-16)26(11,17)33/h5-9,11,13-18,22,28-29,33H,10H2,1-4H3/t11-,13-,14+,15+,16?,17?,18-,22?,24?,25?,26-,27?/m1/s1. The van der Waals surface area contributed by atoms with E-state index < -0.39 is 94.0 Å². The lowest BCUT2D eigenvalue weighted by Gasteiger charge is -2.48. The van der Waals surface area contributed by atoms with E-state index in [2.05, 4.69) is 0 Å². The van der Waals surface area contributed by atoms with E-state index >= 15 is 0 Å². The van der Waals surface area contributed by atoms with Crippen LogP contribution in [0, 0.1) is 28.1 Å². The fraction of sp³-hybridized carbons (Fsp3) is 0.667. The van der Waals surface area contributed by atoms with Gasteiger partial charge < -0.3 is 39.0 Å². The molecule has 7 rings (SSSR count). The van der Waals surface area contributed by atoms with Crippen LogP contribution in [0.4, 0.5) is 0 Å². The zero-order valence-electron chi connectivity index (χ0n) is 21.3. The van der Waals surface area contributed by atoms with E-state index in [9.17, 15) is 29.7 Å². The number of hydrogen-bond acceptors (Lipinski definition) is 11. The van der Waals surface area contributed by atoms with Gasteiger partial charge in [-0.2, -0.15) is 0 Å². The van der Waals surface area contributed by atoms with Crippen molar-refractivity contribution in [2.24, 2.45) is 28.1 Å². The van der Waals surface area contributed by atoms with Gasteiger partial charge in [0.2, 0.25) is 11.9 Å². The van der Waals surface area contributed by atoms with E-state index in [-0.39, 0.29) is 6.61 Å². The second kappa shape index (κ2) is 6.95. The third kappa shape index (κ3) is 2.13. The Morgan fingerprint density at radius 2 is 1.66 bits per heavy atom. The van der Waals surface area contributed by atoms with Crippen molar-refractivity contribution in [3.05, 3.63) is 35.9 Å². The second-order valence-electron chi connectivity index (χ2n) is 12.6. The summed E-state index contributed by atoms with van der Waals surface area (Å²) in [6.45, 7) is 6.92. The fourth-order valence-electron chi connectivity index (χ4n) is 9.20. The number of hydrogen-bond donors (Lipinski definition) is 3. The molecule has 1 aromatic rings. The van der Waals surface area contributed by atoms with Crippen molar-refractivity contribution in [3.8, 4) is 0 Å². The van der Waals surface area contributed by atoms with Crippen LogP contribution < -0.4 is 0 Å². The highest BCUT2D eigenvalue weighted by Gasteiger charge is 3.05. The summed E-state index contributed by atoms with van der Waals surface area (Å²) in [6, 6.07) is 9.11. The van der Waals surface area contributed by atoms with Crippen LogP contribution in [0.25, 0.3) is 0 Å². The number of rotatable bonds is 3. The SMILES string of the molecule is C[C@@H]1C(=O)OC2[C@H](O)C34C5OC(=O)C3(OC3OC(=O)[C@@H](OCc6ccccc6)C34[C@H](C(C)(C)C)[C@H]5O)[C@]21O. The molecule has 12 atom stereocenters. The molecule has 0 aromatic heterocycles. The lowest BCUT2D eigenvalue weighted by molar-refractivity contribution is -0.240. The Morgan fingerprint density at radius 3 is 2.32 bits per heavy atom. The van der Waals surface area contributed by atoms with Gasteiger partial charge in [-0.05, 0) is 17.9 Å². The molecule has 4 aliphatic heterocycles. The summed E-state index contributed by atoms with van der Waals surface area (Å²) in [6.07, 6.45) is -8.97. The average Bonchev–Trinajstić information content (AvgIpc) is 3.55. The Kier molecular flexibility index (Phi) is 4.47. The number of esters is 3. The van der Waals surface area contributed by atoms with Gasteiger partial charge in [0.05, 0.1) is 29.5 Å². The van der Waals surface area contributed by atoms with E-state index in [0.29, 0.717) is 0 Å². The van der Waals surface area contributed by atoms with Gasteiger partial charge in [-0.1, -0.05) is 51.1 Å². The van der Waals surface area contributed by atoms with Crippen LogP contribution in [0.1, 0.15) is 33.3 Å². The molecular formula is C27H30O11. The van der Waals surface area contributed by atoms with E-state index in [1.165, 1.54) is 6.92 Å². The van der Waals surface area contributed by atoms with Crippen molar-refractivity contribution >= 4 is 17.9 Å². The maximum atomic E-state index is 13.8. The second-order valence-corrected chi connectivity index (χ2v) is 12.6. The minimum absolute atomic E-state index is 0.0141. The van der Waals surface area contributed by atoms with Gasteiger partial charge in [0.1, 0.15) is 12.2 Å². The van der Waals surface area contributed by atoms with Gasteiger partial charge in [-0.25, -0.2) is 9.59 Å². The number of fused-ring (bicyclic) bond motifs is 1. The topological polar surface area (TPSA) is 158 Å². The summed E-state index contributed by atoms with van der Waals surface area (Å²) < 4.78 is 29.6. The van der Waals surface area contributed by atoms with Crippen LogP contribution >= 0.6 is 0 Å². The van der Waals surface area contributed by atoms with E-state index in [1.807, 2.05) is 51.1 Å². The number of ether oxygens (including phenoxy) is 5. The molecule has 11 heteroatoms. The summed E-state index contributed by atoms with van der Waals surface area (Å²) in [5.41, 5.74) is -8.32. The predicted octanol–water partition coefficient (Wildman–Crippen LogP) is -0.174. The minimum atomic E-state index is -2.36. The van der Waals surface area contributed by atoms with Crippen molar-refractivity contribution in [1.29, 1.82) is 0 Å². The monoisotopic (exact) mass is 530 g/mol. The molecule has 6 unspecified atom stereocenters. The number of aliphatic hydroxyl groups is 3. The van der Waals surface area contributed by atoms with Gasteiger partial charge in [0, 0.05) is 5.92 Å². The summed E-state index contributed by atoms with van der Waals surface area (Å²) >= 11 is 0. The highest BCUT2D eigenvalue weighted by molar-refractivity contribution is 5.94. The number of aliphatic hydroxyl groups excluding tert-OH is 2. The molecule has 1 aromatic carbocycles. The molecule has 6 aliphatic rings. The van der Waals surface area contributed by atoms with Gasteiger partial charge in [-0.15, -0.1) is 0 Å². The summed E-state index contributed by atoms with van der Waals surface area (Å²) in [4.78, 5) is 40.0. The Labute approximate surface area is 217 Å². The maximum absolute atomic E-state index is 13.8. The molecule has 2 saturated carbocycles. The van der Waals surface area contributed by atoms with Crippen LogP contribution in [0.2, 0.25) is 0 Å². The zero-order chi connectivity index (χ0) is 27.2. The normalized spacial score (nSPS) is 51.8. The first-order valence-electron chi connectivity index (χ1n) is 12.9. The molecule has 0 radical (unpaired) electrons. The highest BCUT2D eigenvalue weighted by Crippen LogP contribution is 2.84. The molecule has 4 heterocycles. The first kappa shape index (κ1) is 24.5. The van der Waals surface area contributed by atoms with Crippen molar-refractivity contribution in [2.75, 3.05) is 0 Å². The molecule has 2 aliphatic carbocycles. The van der Waals surface area contributed by atoms with Crippen molar-refractivity contribution < 1.29 is 53.4 Å². The molecule has 4 saturated heterocycles. The molecule has 0 amide bonds. The lowest BCUT2D eigenvalue weighted by atomic mass is 9.51. The van der Waals surface area contributed by atoms with Crippen LogP contribution in [-0.4, -0.2) is 81.2 Å². The number of carbonyl (C=O) groups excluding carboxylic acids is 3. The average molecular weight is 531 g/mol. The first-order chi connectivity index (χ1) is 17.8. The lowest BCUT2D eigenvalue weighted by Crippen LogP contribution is -2.67. The molecule has 2 spiro atoms. The summed E-state index contributed by atoms with van der Waals surface area (Å²) in [5, 5.41) is 36.1. The quantitative estimate of drug-likeness (QED) is 0.352. The van der Waals surface area contributed by atoms with Crippen molar-refractivity contribution in [3.63, 3.8) is 0 Å². The Bertz CT molecular complexity index is 1260. The molecular weight excluding hydrogens is 500 g/mol. The largest absolute Gasteiger partial charge is 0.456 e. The fourth-order valence-corrected chi connectivity index (χ4v) is 9.20. The summed E-state index contributed by atoms with van der Waals surface area (Å²) in [5.74, 6) is -4.79. The number of benzene rings is 1. The predicted molar refractivity (Wildman–Crippen MR) is 122 cm³/mol. The molecule has 11 nitrogen and oxygen atoms in total. The van der Waals surface area contributed by atoms with Crippen molar-refractivity contribution in [1.82, 2.24) is 0 Å².